The maximum atomic E-state index is 13.2. The van der Waals surface area contributed by atoms with E-state index in [1.807, 2.05) is 13.8 Å². The second kappa shape index (κ2) is 6.79. The first-order valence-electron chi connectivity index (χ1n) is 11.0. The van der Waals surface area contributed by atoms with E-state index in [9.17, 15) is 14.4 Å². The number of esters is 1. The van der Waals surface area contributed by atoms with Crippen LogP contribution in [-0.4, -0.2) is 17.8 Å². The largest absolute Gasteiger partial charge is 0.423 e. The monoisotopic (exact) mass is 447 g/mol. The van der Waals surface area contributed by atoms with Gasteiger partial charge in [0.2, 0.25) is 11.8 Å². The highest BCUT2D eigenvalue weighted by molar-refractivity contribution is 6.32. The average molecular weight is 448 g/mol. The van der Waals surface area contributed by atoms with Gasteiger partial charge in [0, 0.05) is 5.02 Å². The Morgan fingerprint density at radius 2 is 1.47 bits per heavy atom. The van der Waals surface area contributed by atoms with Crippen molar-refractivity contribution < 1.29 is 19.1 Å². The highest BCUT2D eigenvalue weighted by Crippen LogP contribution is 2.65. The lowest BCUT2D eigenvalue weighted by Crippen LogP contribution is -2.40. The zero-order valence-electron chi connectivity index (χ0n) is 17.7. The van der Waals surface area contributed by atoms with E-state index in [4.69, 9.17) is 16.3 Å². The lowest BCUT2D eigenvalue weighted by Gasteiger charge is -2.37. The number of rotatable bonds is 3. The molecule has 4 aliphatic carbocycles. The van der Waals surface area contributed by atoms with Crippen molar-refractivity contribution in [2.75, 3.05) is 4.90 Å². The Morgan fingerprint density at radius 1 is 0.938 bits per heavy atom. The van der Waals surface area contributed by atoms with Crippen LogP contribution in [0.25, 0.3) is 0 Å². The molecule has 3 fully saturated rings. The third-order valence-electron chi connectivity index (χ3n) is 7.64. The molecule has 2 saturated carbocycles. The van der Waals surface area contributed by atoms with Gasteiger partial charge in [0.15, 0.2) is 0 Å². The normalized spacial score (nSPS) is 31.5. The molecule has 2 aromatic rings. The number of aryl methyl sites for hydroxylation is 2. The first kappa shape index (κ1) is 19.7. The van der Waals surface area contributed by atoms with Crippen LogP contribution in [0, 0.1) is 49.4 Å². The second-order valence-corrected chi connectivity index (χ2v) is 9.85. The van der Waals surface area contributed by atoms with E-state index in [0.717, 1.165) is 17.5 Å². The SMILES string of the molecule is Cc1cc(OC(=O)c2ccc(N3C(=O)[C@@H]4[C@H]5C=C[C@@H]([C@@H]6C[C@H]56)[C@H]4C3=O)cc2)cc(C)c1Cl. The zero-order valence-corrected chi connectivity index (χ0v) is 18.5. The summed E-state index contributed by atoms with van der Waals surface area (Å²) in [5, 5.41) is 0.649. The zero-order chi connectivity index (χ0) is 22.3. The van der Waals surface area contributed by atoms with E-state index < -0.39 is 5.97 Å². The van der Waals surface area contributed by atoms with Gasteiger partial charge in [-0.3, -0.25) is 14.5 Å². The van der Waals surface area contributed by atoms with Gasteiger partial charge in [-0.15, -0.1) is 0 Å². The summed E-state index contributed by atoms with van der Waals surface area (Å²) in [6.45, 7) is 3.71. The Morgan fingerprint density at radius 3 is 2.00 bits per heavy atom. The molecule has 6 atom stereocenters. The predicted octanol–water partition coefficient (Wildman–Crippen LogP) is 4.73. The van der Waals surface area contributed by atoms with E-state index in [-0.39, 0.29) is 35.5 Å². The highest BCUT2D eigenvalue weighted by atomic mass is 35.5. The van der Waals surface area contributed by atoms with Crippen LogP contribution in [0.2, 0.25) is 5.02 Å². The highest BCUT2D eigenvalue weighted by Gasteiger charge is 2.67. The van der Waals surface area contributed by atoms with Gasteiger partial charge in [0.1, 0.15) is 5.75 Å². The fourth-order valence-electron chi connectivity index (χ4n) is 6.09. The number of nitrogens with zero attached hydrogens (tertiary/aromatic N) is 1. The molecular weight excluding hydrogens is 426 g/mol. The van der Waals surface area contributed by atoms with Gasteiger partial charge in [0.25, 0.3) is 0 Å². The molecule has 2 bridgehead atoms. The third-order valence-corrected chi connectivity index (χ3v) is 8.24. The number of hydrogen-bond donors (Lipinski definition) is 0. The maximum absolute atomic E-state index is 13.2. The maximum Gasteiger partial charge on any atom is 0.343 e. The lowest BCUT2D eigenvalue weighted by atomic mass is 9.63. The smallest absolute Gasteiger partial charge is 0.343 e. The third kappa shape index (κ3) is 2.73. The summed E-state index contributed by atoms with van der Waals surface area (Å²) in [7, 11) is 0. The van der Waals surface area contributed by atoms with Gasteiger partial charge in [-0.05, 0) is 91.5 Å². The lowest BCUT2D eigenvalue weighted by molar-refractivity contribution is -0.124. The summed E-state index contributed by atoms with van der Waals surface area (Å²) in [5.41, 5.74) is 2.52. The van der Waals surface area contributed by atoms with Crippen LogP contribution in [0.1, 0.15) is 27.9 Å². The first-order valence-corrected chi connectivity index (χ1v) is 11.4. The predicted molar refractivity (Wildman–Crippen MR) is 120 cm³/mol. The number of carbonyl (C=O) groups excluding carboxylic acids is 3. The van der Waals surface area contributed by atoms with Crippen molar-refractivity contribution in [1.29, 1.82) is 0 Å². The topological polar surface area (TPSA) is 63.7 Å². The summed E-state index contributed by atoms with van der Waals surface area (Å²) >= 11 is 6.18. The molecule has 1 saturated heterocycles. The van der Waals surface area contributed by atoms with E-state index in [0.29, 0.717) is 33.9 Å². The Hall–Kier alpha value is -2.92. The number of benzene rings is 2. The average Bonchev–Trinajstić information content (AvgIpc) is 3.55. The van der Waals surface area contributed by atoms with Crippen LogP contribution < -0.4 is 9.64 Å². The van der Waals surface area contributed by atoms with Crippen molar-refractivity contribution in [2.24, 2.45) is 35.5 Å². The van der Waals surface area contributed by atoms with Crippen molar-refractivity contribution >= 4 is 35.1 Å². The van der Waals surface area contributed by atoms with E-state index >= 15 is 0 Å². The van der Waals surface area contributed by atoms with Crippen LogP contribution in [0.5, 0.6) is 5.75 Å². The van der Waals surface area contributed by atoms with Gasteiger partial charge < -0.3 is 4.74 Å². The van der Waals surface area contributed by atoms with Crippen LogP contribution in [0.3, 0.4) is 0 Å². The number of amides is 2. The molecule has 162 valence electrons. The van der Waals surface area contributed by atoms with Gasteiger partial charge in [-0.25, -0.2) is 4.79 Å². The van der Waals surface area contributed by atoms with Gasteiger partial charge in [0.05, 0.1) is 23.1 Å². The summed E-state index contributed by atoms with van der Waals surface area (Å²) < 4.78 is 5.50. The number of ether oxygens (including phenoxy) is 1. The molecule has 1 heterocycles. The standard InChI is InChI=1S/C26H22ClNO4/c1-12-9-16(10-13(2)23(12)27)32-26(31)14-3-5-15(6-4-14)28-24(29)21-17-7-8-18(20-11-19(17)20)22(21)25(28)30/h3-10,17-22H,11H2,1-2H3/t17-,18-,19-,20+,21+,22+/m0/s1. The summed E-state index contributed by atoms with van der Waals surface area (Å²) in [5.74, 6) is 0.764. The van der Waals surface area contributed by atoms with E-state index in [1.165, 1.54) is 4.90 Å². The molecule has 1 aliphatic heterocycles. The van der Waals surface area contributed by atoms with Gasteiger partial charge >= 0.3 is 5.97 Å². The van der Waals surface area contributed by atoms with E-state index in [2.05, 4.69) is 12.2 Å². The Labute approximate surface area is 191 Å². The minimum atomic E-state index is -0.507. The summed E-state index contributed by atoms with van der Waals surface area (Å²) in [6, 6.07) is 9.94. The molecule has 2 amide bonds. The molecule has 0 radical (unpaired) electrons. The minimum absolute atomic E-state index is 0.104. The fraction of sp³-hybridized carbons (Fsp3) is 0.346. The second-order valence-electron chi connectivity index (χ2n) is 9.47. The quantitative estimate of drug-likeness (QED) is 0.295. The molecule has 0 N–H and O–H groups in total. The fourth-order valence-corrected chi connectivity index (χ4v) is 6.20. The van der Waals surface area contributed by atoms with Crippen molar-refractivity contribution in [3.63, 3.8) is 0 Å². The molecule has 2 aromatic carbocycles. The van der Waals surface area contributed by atoms with Crippen molar-refractivity contribution in [3.05, 3.63) is 70.3 Å². The molecule has 0 unspecified atom stereocenters. The molecule has 0 spiro atoms. The van der Waals surface area contributed by atoms with Gasteiger partial charge in [-0.1, -0.05) is 23.8 Å². The minimum Gasteiger partial charge on any atom is -0.423 e. The van der Waals surface area contributed by atoms with E-state index in [1.54, 1.807) is 36.4 Å². The molecule has 5 aliphatic rings. The molecule has 32 heavy (non-hydrogen) atoms. The number of imide groups is 1. The molecule has 5 nitrogen and oxygen atoms in total. The van der Waals surface area contributed by atoms with Crippen molar-refractivity contribution in [1.82, 2.24) is 0 Å². The number of halogens is 1. The number of allylic oxidation sites excluding steroid dienone is 2. The van der Waals surface area contributed by atoms with Crippen LogP contribution in [0.4, 0.5) is 5.69 Å². The molecule has 0 aromatic heterocycles. The number of carbonyl (C=O) groups is 3. The Bertz CT molecular complexity index is 1160. The Kier molecular flexibility index (Phi) is 4.19. The Balaban J connectivity index is 1.22. The van der Waals surface area contributed by atoms with Crippen LogP contribution in [-0.2, 0) is 9.59 Å². The van der Waals surface area contributed by atoms with Crippen LogP contribution in [0.15, 0.2) is 48.6 Å². The first-order chi connectivity index (χ1) is 15.3. The molecule has 6 heteroatoms. The van der Waals surface area contributed by atoms with Crippen molar-refractivity contribution in [3.8, 4) is 5.75 Å². The molecular formula is C26H22ClNO4. The number of anilines is 1. The summed E-state index contributed by atoms with van der Waals surface area (Å²) in [4.78, 5) is 40.4. The van der Waals surface area contributed by atoms with Gasteiger partial charge in [-0.2, -0.15) is 0 Å². The summed E-state index contributed by atoms with van der Waals surface area (Å²) in [6.07, 6.45) is 5.46. The molecule has 7 rings (SSSR count). The van der Waals surface area contributed by atoms with Crippen molar-refractivity contribution in [2.45, 2.75) is 20.3 Å². The van der Waals surface area contributed by atoms with Crippen LogP contribution >= 0.6 is 11.6 Å². The number of hydrogen-bond acceptors (Lipinski definition) is 4.